The zero-order valence-corrected chi connectivity index (χ0v) is 16.2. The van der Waals surface area contributed by atoms with Gasteiger partial charge in [0.2, 0.25) is 0 Å². The third kappa shape index (κ3) is 2.97. The largest absolute Gasteiger partial charge is 0.352 e. The molecule has 0 bridgehead atoms. The molecule has 0 aliphatic carbocycles. The SMILES string of the molecule is CCNC(=O)c1ccc2c(-c3c(-c4ccccn4)nn4c3CCC4)ccnc2c1. The van der Waals surface area contributed by atoms with E-state index >= 15 is 0 Å². The third-order valence-electron chi connectivity index (χ3n) is 5.36. The smallest absolute Gasteiger partial charge is 0.251 e. The summed E-state index contributed by atoms with van der Waals surface area (Å²) >= 11 is 0. The van der Waals surface area contributed by atoms with Gasteiger partial charge >= 0.3 is 0 Å². The molecule has 1 amide bonds. The van der Waals surface area contributed by atoms with Gasteiger partial charge in [-0.05, 0) is 55.7 Å². The molecule has 4 heterocycles. The highest BCUT2D eigenvalue weighted by atomic mass is 16.1. The lowest BCUT2D eigenvalue weighted by Crippen LogP contribution is -2.22. The second-order valence-electron chi connectivity index (χ2n) is 7.16. The van der Waals surface area contributed by atoms with Crippen LogP contribution in [-0.2, 0) is 13.0 Å². The lowest BCUT2D eigenvalue weighted by molar-refractivity contribution is 0.0956. The summed E-state index contributed by atoms with van der Waals surface area (Å²) in [4.78, 5) is 21.3. The van der Waals surface area contributed by atoms with Gasteiger partial charge in [-0.25, -0.2) is 0 Å². The van der Waals surface area contributed by atoms with Crippen molar-refractivity contribution in [1.29, 1.82) is 0 Å². The van der Waals surface area contributed by atoms with Crippen LogP contribution >= 0.6 is 0 Å². The van der Waals surface area contributed by atoms with E-state index in [-0.39, 0.29) is 5.91 Å². The van der Waals surface area contributed by atoms with Crippen LogP contribution < -0.4 is 5.32 Å². The fraction of sp³-hybridized carbons (Fsp3) is 0.217. The monoisotopic (exact) mass is 383 g/mol. The molecule has 0 unspecified atom stereocenters. The number of rotatable bonds is 4. The summed E-state index contributed by atoms with van der Waals surface area (Å²) in [5.74, 6) is -0.0813. The summed E-state index contributed by atoms with van der Waals surface area (Å²) in [6.45, 7) is 3.44. The van der Waals surface area contributed by atoms with Crippen LogP contribution in [0.2, 0.25) is 0 Å². The van der Waals surface area contributed by atoms with Crippen LogP contribution in [0.15, 0.2) is 54.9 Å². The van der Waals surface area contributed by atoms with Crippen LogP contribution in [-0.4, -0.2) is 32.2 Å². The van der Waals surface area contributed by atoms with Crippen molar-refractivity contribution < 1.29 is 4.79 Å². The minimum absolute atomic E-state index is 0.0813. The molecule has 0 fully saturated rings. The Morgan fingerprint density at radius 2 is 2.07 bits per heavy atom. The first kappa shape index (κ1) is 17.6. The lowest BCUT2D eigenvalue weighted by atomic mass is 9.96. The molecule has 5 rings (SSSR count). The maximum Gasteiger partial charge on any atom is 0.251 e. The molecule has 1 N–H and O–H groups in total. The van der Waals surface area contributed by atoms with Crippen molar-refractivity contribution in [3.8, 4) is 22.5 Å². The molecule has 1 aromatic carbocycles. The predicted octanol–water partition coefficient (Wildman–Crippen LogP) is 3.86. The quantitative estimate of drug-likeness (QED) is 0.581. The summed E-state index contributed by atoms with van der Waals surface area (Å²) in [5, 5.41) is 8.74. The molecule has 144 valence electrons. The molecule has 0 radical (unpaired) electrons. The molecule has 6 heteroatoms. The van der Waals surface area contributed by atoms with Crippen LogP contribution in [0, 0.1) is 0 Å². The Balaban J connectivity index is 1.71. The Kier molecular flexibility index (Phi) is 4.31. The van der Waals surface area contributed by atoms with Crippen molar-refractivity contribution in [2.75, 3.05) is 6.54 Å². The zero-order valence-electron chi connectivity index (χ0n) is 16.2. The number of pyridine rings is 2. The molecule has 4 aromatic rings. The predicted molar refractivity (Wildman–Crippen MR) is 113 cm³/mol. The van der Waals surface area contributed by atoms with Crippen molar-refractivity contribution in [3.05, 3.63) is 66.1 Å². The fourth-order valence-corrected chi connectivity index (χ4v) is 4.07. The molecule has 0 spiro atoms. The van der Waals surface area contributed by atoms with Crippen LogP contribution in [0.1, 0.15) is 29.4 Å². The Morgan fingerprint density at radius 1 is 1.14 bits per heavy atom. The van der Waals surface area contributed by atoms with Crippen LogP contribution in [0.3, 0.4) is 0 Å². The lowest BCUT2D eigenvalue weighted by Gasteiger charge is -2.10. The van der Waals surface area contributed by atoms with Gasteiger partial charge in [0.15, 0.2) is 0 Å². The van der Waals surface area contributed by atoms with Gasteiger partial charge in [-0.2, -0.15) is 5.10 Å². The highest BCUT2D eigenvalue weighted by molar-refractivity contribution is 6.03. The van der Waals surface area contributed by atoms with Gasteiger partial charge in [0.05, 0.1) is 11.2 Å². The second kappa shape index (κ2) is 7.13. The minimum Gasteiger partial charge on any atom is -0.352 e. The third-order valence-corrected chi connectivity index (χ3v) is 5.36. The van der Waals surface area contributed by atoms with Crippen molar-refractivity contribution >= 4 is 16.8 Å². The molecule has 29 heavy (non-hydrogen) atoms. The number of aryl methyl sites for hydroxylation is 1. The van der Waals surface area contributed by atoms with E-state index in [0.717, 1.165) is 52.8 Å². The van der Waals surface area contributed by atoms with Crippen molar-refractivity contribution in [3.63, 3.8) is 0 Å². The van der Waals surface area contributed by atoms with Crippen LogP contribution in [0.4, 0.5) is 0 Å². The van der Waals surface area contributed by atoms with Gasteiger partial charge in [0, 0.05) is 47.7 Å². The van der Waals surface area contributed by atoms with Crippen LogP contribution in [0.25, 0.3) is 33.4 Å². The molecule has 0 atom stereocenters. The normalized spacial score (nSPS) is 12.9. The summed E-state index contributed by atoms with van der Waals surface area (Å²) in [5.41, 5.74) is 6.64. The average Bonchev–Trinajstić information content (AvgIpc) is 3.35. The van der Waals surface area contributed by atoms with Crippen LogP contribution in [0.5, 0.6) is 0 Å². The maximum atomic E-state index is 12.2. The Morgan fingerprint density at radius 3 is 2.90 bits per heavy atom. The number of fused-ring (bicyclic) bond motifs is 2. The van der Waals surface area contributed by atoms with E-state index in [0.29, 0.717) is 12.1 Å². The molecular formula is C23H21N5O. The highest BCUT2D eigenvalue weighted by Crippen LogP contribution is 2.39. The number of amides is 1. The van der Waals surface area contributed by atoms with Crippen molar-refractivity contribution in [2.45, 2.75) is 26.3 Å². The summed E-state index contributed by atoms with van der Waals surface area (Å²) in [6, 6.07) is 13.6. The average molecular weight is 383 g/mol. The molecule has 1 aliphatic heterocycles. The number of nitrogens with one attached hydrogen (secondary N) is 1. The van der Waals surface area contributed by atoms with Gasteiger partial charge < -0.3 is 5.32 Å². The second-order valence-corrected chi connectivity index (χ2v) is 7.16. The van der Waals surface area contributed by atoms with Gasteiger partial charge in [0.25, 0.3) is 5.91 Å². The van der Waals surface area contributed by atoms with E-state index < -0.39 is 0 Å². The summed E-state index contributed by atoms with van der Waals surface area (Å²) in [6.07, 6.45) is 5.70. The number of carbonyl (C=O) groups excluding carboxylic acids is 1. The standard InChI is InChI=1S/C23H21N5O/c1-2-24-23(29)15-8-9-16-17(10-12-26-19(16)14-15)21-20-7-5-13-28(20)27-22(21)18-6-3-4-11-25-18/h3-4,6,8-12,14H,2,5,7,13H2,1H3,(H,24,29). The highest BCUT2D eigenvalue weighted by Gasteiger charge is 2.25. The number of aromatic nitrogens is 4. The Hall–Kier alpha value is -3.54. The van der Waals surface area contributed by atoms with E-state index in [2.05, 4.69) is 20.0 Å². The minimum atomic E-state index is -0.0813. The first-order valence-corrected chi connectivity index (χ1v) is 9.94. The summed E-state index contributed by atoms with van der Waals surface area (Å²) < 4.78 is 2.11. The number of benzene rings is 1. The van der Waals surface area contributed by atoms with E-state index in [9.17, 15) is 4.79 Å². The van der Waals surface area contributed by atoms with E-state index in [4.69, 9.17) is 5.10 Å². The van der Waals surface area contributed by atoms with Crippen molar-refractivity contribution in [1.82, 2.24) is 25.1 Å². The fourth-order valence-electron chi connectivity index (χ4n) is 4.07. The zero-order chi connectivity index (χ0) is 19.8. The molecule has 0 saturated carbocycles. The van der Waals surface area contributed by atoms with Gasteiger partial charge in [0.1, 0.15) is 5.69 Å². The number of hydrogen-bond donors (Lipinski definition) is 1. The Labute approximate surface area is 168 Å². The van der Waals surface area contributed by atoms with Crippen molar-refractivity contribution in [2.24, 2.45) is 0 Å². The van der Waals surface area contributed by atoms with E-state index in [1.54, 1.807) is 12.4 Å². The first-order valence-electron chi connectivity index (χ1n) is 9.94. The molecule has 1 aliphatic rings. The molecule has 0 saturated heterocycles. The number of carbonyl (C=O) groups is 1. The number of hydrogen-bond acceptors (Lipinski definition) is 4. The first-order chi connectivity index (χ1) is 14.3. The van der Waals surface area contributed by atoms with Gasteiger partial charge in [-0.1, -0.05) is 12.1 Å². The van der Waals surface area contributed by atoms with E-state index in [1.165, 1.54) is 5.69 Å². The molecular weight excluding hydrogens is 362 g/mol. The summed E-state index contributed by atoms with van der Waals surface area (Å²) in [7, 11) is 0. The van der Waals surface area contributed by atoms with E-state index in [1.807, 2.05) is 49.4 Å². The Bertz CT molecular complexity index is 1210. The molecule has 3 aromatic heterocycles. The van der Waals surface area contributed by atoms with Gasteiger partial charge in [-0.3, -0.25) is 19.4 Å². The maximum absolute atomic E-state index is 12.2. The topological polar surface area (TPSA) is 72.7 Å². The number of nitrogens with zero attached hydrogens (tertiary/aromatic N) is 4. The molecule has 6 nitrogen and oxygen atoms in total. The van der Waals surface area contributed by atoms with Gasteiger partial charge in [-0.15, -0.1) is 0 Å².